The van der Waals surface area contributed by atoms with Crippen molar-refractivity contribution in [2.75, 3.05) is 26.7 Å². The maximum absolute atomic E-state index is 12.4. The minimum Gasteiger partial charge on any atom is -0.497 e. The van der Waals surface area contributed by atoms with Crippen molar-refractivity contribution < 1.29 is 9.53 Å². The maximum Gasteiger partial charge on any atom is 0.224 e. The number of hydrogen-bond acceptors (Lipinski definition) is 3. The molecule has 0 bridgehead atoms. The van der Waals surface area contributed by atoms with Crippen molar-refractivity contribution in [2.24, 2.45) is 0 Å². The molecule has 138 valence electrons. The summed E-state index contributed by atoms with van der Waals surface area (Å²) >= 11 is 0. The van der Waals surface area contributed by atoms with Gasteiger partial charge in [-0.05, 0) is 56.1 Å². The number of carbonyl (C=O) groups is 1. The smallest absolute Gasteiger partial charge is 0.224 e. The normalized spacial score (nSPS) is 15.6. The van der Waals surface area contributed by atoms with Crippen LogP contribution in [0, 0.1) is 6.92 Å². The average molecular weight is 352 g/mol. The summed E-state index contributed by atoms with van der Waals surface area (Å²) < 4.78 is 5.16. The van der Waals surface area contributed by atoms with Crippen molar-refractivity contribution in [2.45, 2.75) is 32.2 Å². The highest BCUT2D eigenvalue weighted by Crippen LogP contribution is 2.25. The molecule has 2 aromatic carbocycles. The van der Waals surface area contributed by atoms with E-state index in [-0.39, 0.29) is 11.9 Å². The molecule has 0 unspecified atom stereocenters. The third-order valence-electron chi connectivity index (χ3n) is 5.06. The van der Waals surface area contributed by atoms with Crippen LogP contribution in [0.3, 0.4) is 0 Å². The second-order valence-electron chi connectivity index (χ2n) is 7.00. The second kappa shape index (κ2) is 8.86. The van der Waals surface area contributed by atoms with Crippen molar-refractivity contribution in [3.8, 4) is 5.75 Å². The SMILES string of the molecule is COc1ccc(CC(=O)NC[C@@H](c2ccc(C)cc2)N2CCCC2)cc1. The summed E-state index contributed by atoms with van der Waals surface area (Å²) in [5.41, 5.74) is 3.54. The van der Waals surface area contributed by atoms with E-state index in [1.54, 1.807) is 7.11 Å². The quantitative estimate of drug-likeness (QED) is 0.829. The highest BCUT2D eigenvalue weighted by Gasteiger charge is 2.23. The third kappa shape index (κ3) is 4.85. The van der Waals surface area contributed by atoms with Gasteiger partial charge in [0.1, 0.15) is 5.75 Å². The molecule has 26 heavy (non-hydrogen) atoms. The van der Waals surface area contributed by atoms with Gasteiger partial charge in [0.15, 0.2) is 0 Å². The van der Waals surface area contributed by atoms with Gasteiger partial charge < -0.3 is 10.1 Å². The van der Waals surface area contributed by atoms with Gasteiger partial charge >= 0.3 is 0 Å². The van der Waals surface area contributed by atoms with Crippen molar-refractivity contribution in [1.82, 2.24) is 10.2 Å². The first-order valence-corrected chi connectivity index (χ1v) is 9.36. The predicted molar refractivity (Wildman–Crippen MR) is 104 cm³/mol. The molecule has 1 atom stereocenters. The lowest BCUT2D eigenvalue weighted by Gasteiger charge is -2.28. The fourth-order valence-corrected chi connectivity index (χ4v) is 3.50. The average Bonchev–Trinajstić information content (AvgIpc) is 3.18. The second-order valence-corrected chi connectivity index (χ2v) is 7.00. The van der Waals surface area contributed by atoms with Crippen LogP contribution in [-0.4, -0.2) is 37.6 Å². The Balaban J connectivity index is 1.61. The molecule has 1 saturated heterocycles. The minimum atomic E-state index is 0.0616. The lowest BCUT2D eigenvalue weighted by atomic mass is 10.0. The maximum atomic E-state index is 12.4. The molecule has 4 heteroatoms. The third-order valence-corrected chi connectivity index (χ3v) is 5.06. The molecule has 1 fully saturated rings. The largest absolute Gasteiger partial charge is 0.497 e. The van der Waals surface area contributed by atoms with Crippen molar-refractivity contribution in [3.05, 3.63) is 65.2 Å². The van der Waals surface area contributed by atoms with E-state index in [0.717, 1.165) is 24.4 Å². The molecule has 0 aliphatic carbocycles. The summed E-state index contributed by atoms with van der Waals surface area (Å²) in [7, 11) is 1.64. The van der Waals surface area contributed by atoms with Crippen LogP contribution >= 0.6 is 0 Å². The van der Waals surface area contributed by atoms with Crippen LogP contribution < -0.4 is 10.1 Å². The van der Waals surface area contributed by atoms with Gasteiger partial charge in [-0.1, -0.05) is 42.0 Å². The van der Waals surface area contributed by atoms with E-state index in [1.807, 2.05) is 24.3 Å². The number of methoxy groups -OCH3 is 1. The lowest BCUT2D eigenvalue weighted by molar-refractivity contribution is -0.120. The van der Waals surface area contributed by atoms with Gasteiger partial charge in [-0.15, -0.1) is 0 Å². The highest BCUT2D eigenvalue weighted by atomic mass is 16.5. The minimum absolute atomic E-state index is 0.0616. The molecule has 1 amide bonds. The van der Waals surface area contributed by atoms with Crippen LogP contribution in [0.25, 0.3) is 0 Å². The van der Waals surface area contributed by atoms with Crippen LogP contribution in [0.5, 0.6) is 5.75 Å². The topological polar surface area (TPSA) is 41.6 Å². The molecule has 2 aromatic rings. The zero-order chi connectivity index (χ0) is 18.4. The Morgan fingerprint density at radius 2 is 1.73 bits per heavy atom. The van der Waals surface area contributed by atoms with E-state index in [2.05, 4.69) is 41.4 Å². The molecule has 0 spiro atoms. The number of likely N-dealkylation sites (tertiary alicyclic amines) is 1. The van der Waals surface area contributed by atoms with Gasteiger partial charge in [-0.3, -0.25) is 9.69 Å². The number of hydrogen-bond donors (Lipinski definition) is 1. The van der Waals surface area contributed by atoms with Gasteiger partial charge in [0.2, 0.25) is 5.91 Å². The molecule has 0 radical (unpaired) electrons. The standard InChI is InChI=1S/C22H28N2O2/c1-17-5-9-19(10-6-17)21(24-13-3-4-14-24)16-23-22(25)15-18-7-11-20(26-2)12-8-18/h5-12,21H,3-4,13-16H2,1-2H3,(H,23,25)/t21-/m0/s1. The molecule has 1 aliphatic rings. The van der Waals surface area contributed by atoms with Crippen LogP contribution in [-0.2, 0) is 11.2 Å². The van der Waals surface area contributed by atoms with Crippen molar-refractivity contribution >= 4 is 5.91 Å². The zero-order valence-electron chi connectivity index (χ0n) is 15.7. The Hall–Kier alpha value is -2.33. The lowest BCUT2D eigenvalue weighted by Crippen LogP contribution is -2.37. The summed E-state index contributed by atoms with van der Waals surface area (Å²) in [6.07, 6.45) is 2.87. The molecular formula is C22H28N2O2. The van der Waals surface area contributed by atoms with Crippen LogP contribution in [0.1, 0.15) is 35.6 Å². The first-order chi connectivity index (χ1) is 12.7. The van der Waals surface area contributed by atoms with Gasteiger partial charge in [-0.2, -0.15) is 0 Å². The Bertz CT molecular complexity index is 704. The van der Waals surface area contributed by atoms with E-state index < -0.39 is 0 Å². The number of aryl methyl sites for hydroxylation is 1. The van der Waals surface area contributed by atoms with Gasteiger partial charge in [0.05, 0.1) is 19.6 Å². The summed E-state index contributed by atoms with van der Waals surface area (Å²) in [4.78, 5) is 14.9. The van der Waals surface area contributed by atoms with Gasteiger partial charge in [0.25, 0.3) is 0 Å². The number of benzene rings is 2. The highest BCUT2D eigenvalue weighted by molar-refractivity contribution is 5.78. The van der Waals surface area contributed by atoms with E-state index in [1.165, 1.54) is 24.0 Å². The number of nitrogens with zero attached hydrogens (tertiary/aromatic N) is 1. The van der Waals surface area contributed by atoms with E-state index in [0.29, 0.717) is 13.0 Å². The fourth-order valence-electron chi connectivity index (χ4n) is 3.50. The molecule has 4 nitrogen and oxygen atoms in total. The first kappa shape index (κ1) is 18.5. The van der Waals surface area contributed by atoms with Gasteiger partial charge in [-0.25, -0.2) is 0 Å². The summed E-state index contributed by atoms with van der Waals surface area (Å²) in [6.45, 7) is 4.96. The Kier molecular flexibility index (Phi) is 6.29. The number of ether oxygens (including phenoxy) is 1. The summed E-state index contributed by atoms with van der Waals surface area (Å²) in [5.74, 6) is 0.870. The van der Waals surface area contributed by atoms with Gasteiger partial charge in [0, 0.05) is 6.54 Å². The molecule has 0 aromatic heterocycles. The van der Waals surface area contributed by atoms with Crippen LogP contribution in [0.15, 0.2) is 48.5 Å². The Labute approximate surface area is 156 Å². The zero-order valence-corrected chi connectivity index (χ0v) is 15.7. The number of carbonyl (C=O) groups excluding carboxylic acids is 1. The van der Waals surface area contributed by atoms with Crippen molar-refractivity contribution in [1.29, 1.82) is 0 Å². The Morgan fingerprint density at radius 1 is 1.08 bits per heavy atom. The number of nitrogens with one attached hydrogen (secondary N) is 1. The number of amides is 1. The van der Waals surface area contributed by atoms with E-state index in [4.69, 9.17) is 4.74 Å². The van der Waals surface area contributed by atoms with E-state index >= 15 is 0 Å². The first-order valence-electron chi connectivity index (χ1n) is 9.36. The fraction of sp³-hybridized carbons (Fsp3) is 0.409. The summed E-state index contributed by atoms with van der Waals surface area (Å²) in [5, 5.41) is 3.14. The molecule has 1 heterocycles. The van der Waals surface area contributed by atoms with E-state index in [9.17, 15) is 4.79 Å². The molecule has 1 N–H and O–H groups in total. The Morgan fingerprint density at radius 3 is 2.35 bits per heavy atom. The predicted octanol–water partition coefficient (Wildman–Crippen LogP) is 3.50. The monoisotopic (exact) mass is 352 g/mol. The summed E-state index contributed by atoms with van der Waals surface area (Å²) in [6, 6.07) is 16.6. The number of rotatable bonds is 7. The van der Waals surface area contributed by atoms with Crippen LogP contribution in [0.2, 0.25) is 0 Å². The van der Waals surface area contributed by atoms with Crippen molar-refractivity contribution in [3.63, 3.8) is 0 Å². The molecule has 0 saturated carbocycles. The van der Waals surface area contributed by atoms with Crippen LogP contribution in [0.4, 0.5) is 0 Å². The molecular weight excluding hydrogens is 324 g/mol. The molecule has 3 rings (SSSR count). The molecule has 1 aliphatic heterocycles.